The fourth-order valence-electron chi connectivity index (χ4n) is 1.94. The van der Waals surface area contributed by atoms with Crippen LogP contribution in [0.3, 0.4) is 0 Å². The third kappa shape index (κ3) is 2.54. The zero-order valence-corrected chi connectivity index (χ0v) is 10.7. The first-order valence-corrected chi connectivity index (χ1v) is 5.95. The van der Waals surface area contributed by atoms with Crippen LogP contribution in [0.4, 0.5) is 5.69 Å². The van der Waals surface area contributed by atoms with Crippen LogP contribution < -0.4 is 5.32 Å². The van der Waals surface area contributed by atoms with E-state index < -0.39 is 5.97 Å². The van der Waals surface area contributed by atoms with Gasteiger partial charge in [0, 0.05) is 29.1 Å². The number of anilines is 1. The zero-order chi connectivity index (χ0) is 14.0. The molecule has 0 saturated heterocycles. The lowest BCUT2D eigenvalue weighted by atomic mass is 10.0. The van der Waals surface area contributed by atoms with Crippen LogP contribution in [0.25, 0.3) is 10.8 Å². The molecule has 0 unspecified atom stereocenters. The van der Waals surface area contributed by atoms with E-state index in [9.17, 15) is 9.59 Å². The molecule has 1 aromatic carbocycles. The van der Waals surface area contributed by atoms with Gasteiger partial charge in [0.25, 0.3) is 0 Å². The number of carbonyl (C=O) groups excluding carboxylic acids is 1. The topological polar surface area (TPSA) is 79.3 Å². The number of hydrogen-bond donors (Lipinski definition) is 2. The summed E-state index contributed by atoms with van der Waals surface area (Å²) in [5.41, 5.74) is 1.48. The van der Waals surface area contributed by atoms with Gasteiger partial charge in [0.05, 0.1) is 0 Å². The number of pyridine rings is 1. The highest BCUT2D eigenvalue weighted by molar-refractivity contribution is 6.08. The van der Waals surface area contributed by atoms with Crippen LogP contribution in [0.5, 0.6) is 0 Å². The molecule has 1 aromatic heterocycles. The number of hydrogen-bond acceptors (Lipinski definition) is 3. The maximum atomic E-state index is 11.5. The first kappa shape index (κ1) is 13.0. The van der Waals surface area contributed by atoms with Gasteiger partial charge >= 0.3 is 5.97 Å². The highest BCUT2D eigenvalue weighted by Gasteiger charge is 2.13. The van der Waals surface area contributed by atoms with E-state index in [2.05, 4.69) is 10.3 Å². The number of carboxylic acids is 1. The molecule has 98 valence electrons. The van der Waals surface area contributed by atoms with Crippen LogP contribution in [0.1, 0.15) is 29.4 Å². The molecule has 1 amide bonds. The number of aryl methyl sites for hydroxylation is 1. The van der Waals surface area contributed by atoms with Gasteiger partial charge in [0.15, 0.2) is 5.69 Å². The second kappa shape index (κ2) is 5.06. The Bertz CT molecular complexity index is 665. The second-order valence-electron chi connectivity index (χ2n) is 4.27. The average molecular weight is 258 g/mol. The number of amides is 1. The molecule has 2 aromatic rings. The summed E-state index contributed by atoms with van der Waals surface area (Å²) in [7, 11) is 0. The monoisotopic (exact) mass is 258 g/mol. The molecule has 0 fully saturated rings. The van der Waals surface area contributed by atoms with Gasteiger partial charge in [-0.25, -0.2) is 9.78 Å². The van der Waals surface area contributed by atoms with Gasteiger partial charge in [0.1, 0.15) is 0 Å². The number of aromatic nitrogens is 1. The number of carbonyl (C=O) groups is 2. The Kier molecular flexibility index (Phi) is 3.46. The Balaban J connectivity index is 2.68. The molecule has 2 rings (SSSR count). The molecule has 2 N–H and O–H groups in total. The number of benzene rings is 1. The second-order valence-corrected chi connectivity index (χ2v) is 4.27. The largest absolute Gasteiger partial charge is 0.476 e. The van der Waals surface area contributed by atoms with Crippen molar-refractivity contribution in [3.8, 4) is 0 Å². The number of nitrogens with one attached hydrogen (secondary N) is 1. The van der Waals surface area contributed by atoms with E-state index in [1.54, 1.807) is 19.1 Å². The van der Waals surface area contributed by atoms with Gasteiger partial charge in [-0.05, 0) is 30.7 Å². The van der Waals surface area contributed by atoms with Crippen molar-refractivity contribution in [2.45, 2.75) is 20.3 Å². The van der Waals surface area contributed by atoms with E-state index in [1.807, 2.05) is 13.0 Å². The van der Waals surface area contributed by atoms with Crippen molar-refractivity contribution in [3.63, 3.8) is 0 Å². The minimum Gasteiger partial charge on any atom is -0.476 e. The molecule has 5 nitrogen and oxygen atoms in total. The summed E-state index contributed by atoms with van der Waals surface area (Å²) < 4.78 is 0. The molecule has 0 spiro atoms. The van der Waals surface area contributed by atoms with E-state index in [0.29, 0.717) is 22.9 Å². The molecule has 0 aliphatic carbocycles. The molecule has 5 heteroatoms. The highest BCUT2D eigenvalue weighted by Crippen LogP contribution is 2.27. The molecule has 0 saturated carbocycles. The minimum absolute atomic E-state index is 0.00630. The third-order valence-electron chi connectivity index (χ3n) is 2.82. The Morgan fingerprint density at radius 1 is 1.32 bits per heavy atom. The van der Waals surface area contributed by atoms with Crippen LogP contribution in [-0.4, -0.2) is 22.0 Å². The first-order chi connectivity index (χ1) is 9.02. The third-order valence-corrected chi connectivity index (χ3v) is 2.82. The summed E-state index contributed by atoms with van der Waals surface area (Å²) in [6.07, 6.45) is 1.80. The predicted molar refractivity (Wildman–Crippen MR) is 72.4 cm³/mol. The van der Waals surface area contributed by atoms with Gasteiger partial charge in [-0.3, -0.25) is 4.79 Å². The zero-order valence-electron chi connectivity index (χ0n) is 10.7. The molecular weight excluding hydrogens is 244 g/mol. The van der Waals surface area contributed by atoms with Gasteiger partial charge in [-0.1, -0.05) is 6.92 Å². The molecule has 0 atom stereocenters. The van der Waals surface area contributed by atoms with Gasteiger partial charge in [-0.15, -0.1) is 0 Å². The quantitative estimate of drug-likeness (QED) is 0.886. The Morgan fingerprint density at radius 2 is 2.05 bits per heavy atom. The summed E-state index contributed by atoms with van der Waals surface area (Å²) in [5.74, 6) is -1.19. The van der Waals surface area contributed by atoms with Crippen molar-refractivity contribution < 1.29 is 14.7 Å². The van der Waals surface area contributed by atoms with Crippen molar-refractivity contribution in [1.29, 1.82) is 0 Å². The highest BCUT2D eigenvalue weighted by atomic mass is 16.4. The Labute approximate surface area is 110 Å². The van der Waals surface area contributed by atoms with Crippen molar-refractivity contribution in [2.75, 3.05) is 5.32 Å². The predicted octanol–water partition coefficient (Wildman–Crippen LogP) is 2.59. The van der Waals surface area contributed by atoms with Crippen LogP contribution in [-0.2, 0) is 4.79 Å². The smallest absolute Gasteiger partial charge is 0.355 e. The number of rotatable bonds is 3. The summed E-state index contributed by atoms with van der Waals surface area (Å²) in [4.78, 5) is 26.6. The van der Waals surface area contributed by atoms with Gasteiger partial charge < -0.3 is 10.4 Å². The molecule has 1 heterocycles. The number of fused-ring (bicyclic) bond motifs is 1. The van der Waals surface area contributed by atoms with E-state index in [4.69, 9.17) is 5.11 Å². The van der Waals surface area contributed by atoms with Crippen LogP contribution >= 0.6 is 0 Å². The summed E-state index contributed by atoms with van der Waals surface area (Å²) in [6.45, 7) is 3.61. The van der Waals surface area contributed by atoms with E-state index in [1.165, 1.54) is 6.20 Å². The van der Waals surface area contributed by atoms with Crippen molar-refractivity contribution in [1.82, 2.24) is 4.98 Å². The summed E-state index contributed by atoms with van der Waals surface area (Å²) in [5, 5.41) is 13.1. The minimum atomic E-state index is -1.08. The maximum Gasteiger partial charge on any atom is 0.355 e. The van der Waals surface area contributed by atoms with E-state index >= 15 is 0 Å². The first-order valence-electron chi connectivity index (χ1n) is 5.95. The standard InChI is InChI=1S/C14H14N2O3/c1-3-12(17)16-11-7-8(2)6-10-9(11)4-5-15-13(10)14(18)19/h4-7H,3H2,1-2H3,(H,16,17)(H,18,19). The lowest BCUT2D eigenvalue weighted by Crippen LogP contribution is -2.10. The van der Waals surface area contributed by atoms with Crippen LogP contribution in [0, 0.1) is 6.92 Å². The molecule has 0 radical (unpaired) electrons. The summed E-state index contributed by atoms with van der Waals surface area (Å²) in [6, 6.07) is 5.28. The lowest BCUT2D eigenvalue weighted by molar-refractivity contribution is -0.115. The fraction of sp³-hybridized carbons (Fsp3) is 0.214. The normalized spacial score (nSPS) is 10.4. The van der Waals surface area contributed by atoms with Crippen molar-refractivity contribution in [2.24, 2.45) is 0 Å². The summed E-state index contributed by atoms with van der Waals surface area (Å²) >= 11 is 0. The number of aromatic carboxylic acids is 1. The van der Waals surface area contributed by atoms with E-state index in [-0.39, 0.29) is 11.6 Å². The molecule has 0 aliphatic heterocycles. The SMILES string of the molecule is CCC(=O)Nc1cc(C)cc2c(C(=O)O)nccc12. The van der Waals surface area contributed by atoms with Gasteiger partial charge in [-0.2, -0.15) is 0 Å². The van der Waals surface area contributed by atoms with Crippen LogP contribution in [0.2, 0.25) is 0 Å². The van der Waals surface area contributed by atoms with E-state index in [0.717, 1.165) is 5.56 Å². The van der Waals surface area contributed by atoms with Crippen molar-refractivity contribution in [3.05, 3.63) is 35.7 Å². The lowest BCUT2D eigenvalue weighted by Gasteiger charge is -2.10. The fourth-order valence-corrected chi connectivity index (χ4v) is 1.94. The van der Waals surface area contributed by atoms with Crippen LogP contribution in [0.15, 0.2) is 24.4 Å². The molecular formula is C14H14N2O3. The van der Waals surface area contributed by atoms with Gasteiger partial charge in [0.2, 0.25) is 5.91 Å². The Morgan fingerprint density at radius 3 is 2.68 bits per heavy atom. The average Bonchev–Trinajstić information content (AvgIpc) is 2.37. The number of nitrogens with zero attached hydrogens (tertiary/aromatic N) is 1. The van der Waals surface area contributed by atoms with Crippen molar-refractivity contribution >= 4 is 28.3 Å². The Hall–Kier alpha value is -2.43. The maximum absolute atomic E-state index is 11.5. The molecule has 0 bridgehead atoms. The molecule has 19 heavy (non-hydrogen) atoms. The molecule has 0 aliphatic rings. The number of carboxylic acid groups (broad SMARTS) is 1.